The van der Waals surface area contributed by atoms with E-state index in [0.717, 1.165) is 6.42 Å². The van der Waals surface area contributed by atoms with Gasteiger partial charge in [0.2, 0.25) is 18.4 Å². The van der Waals surface area contributed by atoms with Crippen LogP contribution in [0.5, 0.6) is 11.6 Å². The summed E-state index contributed by atoms with van der Waals surface area (Å²) in [5, 5.41) is 2.83. The van der Waals surface area contributed by atoms with Crippen LogP contribution in [0.1, 0.15) is 43.0 Å². The quantitative estimate of drug-likeness (QED) is 0.788. The molecule has 1 aromatic rings. The van der Waals surface area contributed by atoms with Gasteiger partial charge in [-0.15, -0.1) is 0 Å². The van der Waals surface area contributed by atoms with Gasteiger partial charge in [-0.25, -0.2) is 4.98 Å². The molecule has 0 spiro atoms. The maximum absolute atomic E-state index is 12.2. The maximum Gasteiger partial charge on any atom is 0.271 e. The van der Waals surface area contributed by atoms with Crippen molar-refractivity contribution in [3.8, 4) is 11.6 Å². The van der Waals surface area contributed by atoms with Crippen molar-refractivity contribution in [3.05, 3.63) is 11.5 Å². The van der Waals surface area contributed by atoms with Crippen molar-refractivity contribution in [2.45, 2.75) is 38.3 Å². The third kappa shape index (κ3) is 2.91. The average Bonchev–Trinajstić information content (AvgIpc) is 3.16. The summed E-state index contributed by atoms with van der Waals surface area (Å²) in [6, 6.07) is 0. The van der Waals surface area contributed by atoms with Crippen molar-refractivity contribution >= 4 is 11.8 Å². The van der Waals surface area contributed by atoms with Crippen molar-refractivity contribution in [2.75, 3.05) is 13.4 Å². The van der Waals surface area contributed by atoms with Crippen LogP contribution in [0, 0.1) is 0 Å². The first-order valence-electron chi connectivity index (χ1n) is 7.30. The Kier molecular flexibility index (Phi) is 3.80. The number of carbonyl (C=O) groups excluding carboxylic acids is 2. The van der Waals surface area contributed by atoms with Crippen LogP contribution < -0.4 is 20.5 Å². The molecule has 0 bridgehead atoms. The molecule has 1 saturated heterocycles. The first kappa shape index (κ1) is 15.5. The highest BCUT2D eigenvalue weighted by atomic mass is 16.7. The van der Waals surface area contributed by atoms with Crippen LogP contribution in [0.15, 0.2) is 0 Å². The standard InChI is InChI=1S/C14H18N4O5/c1-14(2,18-11(20)7-4-3-5-21-7)13-16-8(10(15)19)9-12(17-13)23-6-22-9/h7H,3-6H2,1-2H3,(H2,15,19)(H,18,20)/t7-/m1/s1. The number of amides is 2. The van der Waals surface area contributed by atoms with Crippen molar-refractivity contribution in [1.82, 2.24) is 15.3 Å². The Morgan fingerprint density at radius 1 is 1.30 bits per heavy atom. The molecule has 3 rings (SSSR count). The molecule has 0 aliphatic carbocycles. The summed E-state index contributed by atoms with van der Waals surface area (Å²) in [5.74, 6) is -0.515. The molecule has 124 valence electrons. The van der Waals surface area contributed by atoms with E-state index in [2.05, 4.69) is 15.3 Å². The van der Waals surface area contributed by atoms with Gasteiger partial charge in [0.1, 0.15) is 6.10 Å². The largest absolute Gasteiger partial charge is 0.449 e. The Morgan fingerprint density at radius 3 is 2.74 bits per heavy atom. The van der Waals surface area contributed by atoms with Gasteiger partial charge in [-0.1, -0.05) is 0 Å². The van der Waals surface area contributed by atoms with Gasteiger partial charge in [0.15, 0.2) is 11.5 Å². The Hall–Kier alpha value is -2.42. The van der Waals surface area contributed by atoms with Gasteiger partial charge in [-0.05, 0) is 26.7 Å². The summed E-state index contributed by atoms with van der Waals surface area (Å²) in [4.78, 5) is 32.2. The molecule has 1 fully saturated rings. The van der Waals surface area contributed by atoms with Crippen LogP contribution in [0.3, 0.4) is 0 Å². The highest BCUT2D eigenvalue weighted by Crippen LogP contribution is 2.34. The van der Waals surface area contributed by atoms with Crippen molar-refractivity contribution in [3.63, 3.8) is 0 Å². The molecular weight excluding hydrogens is 304 g/mol. The van der Waals surface area contributed by atoms with E-state index in [1.165, 1.54) is 0 Å². The van der Waals surface area contributed by atoms with E-state index in [1.54, 1.807) is 13.8 Å². The molecule has 1 atom stereocenters. The predicted molar refractivity (Wildman–Crippen MR) is 76.8 cm³/mol. The summed E-state index contributed by atoms with van der Waals surface area (Å²) >= 11 is 0. The highest BCUT2D eigenvalue weighted by molar-refractivity contribution is 5.94. The minimum atomic E-state index is -0.936. The van der Waals surface area contributed by atoms with Gasteiger partial charge in [-0.2, -0.15) is 4.98 Å². The second-order valence-electron chi connectivity index (χ2n) is 5.92. The maximum atomic E-state index is 12.2. The lowest BCUT2D eigenvalue weighted by Gasteiger charge is -2.26. The Morgan fingerprint density at radius 2 is 2.09 bits per heavy atom. The van der Waals surface area contributed by atoms with Gasteiger partial charge in [0.25, 0.3) is 11.8 Å². The molecule has 2 amide bonds. The van der Waals surface area contributed by atoms with Gasteiger partial charge >= 0.3 is 0 Å². The van der Waals surface area contributed by atoms with Gasteiger partial charge in [-0.3, -0.25) is 9.59 Å². The highest BCUT2D eigenvalue weighted by Gasteiger charge is 2.35. The Bertz CT molecular complexity index is 655. The van der Waals surface area contributed by atoms with Gasteiger partial charge in [0, 0.05) is 6.61 Å². The number of aromatic nitrogens is 2. The van der Waals surface area contributed by atoms with E-state index in [4.69, 9.17) is 19.9 Å². The van der Waals surface area contributed by atoms with Crippen molar-refractivity contribution in [2.24, 2.45) is 5.73 Å². The zero-order valence-electron chi connectivity index (χ0n) is 12.9. The number of hydrogen-bond donors (Lipinski definition) is 2. The number of ether oxygens (including phenoxy) is 3. The van der Waals surface area contributed by atoms with Crippen LogP contribution in [0.4, 0.5) is 0 Å². The molecule has 9 heteroatoms. The normalized spacial score (nSPS) is 19.7. The van der Waals surface area contributed by atoms with E-state index >= 15 is 0 Å². The third-order valence-corrected chi connectivity index (χ3v) is 3.68. The first-order chi connectivity index (χ1) is 10.9. The van der Waals surface area contributed by atoms with Gasteiger partial charge < -0.3 is 25.3 Å². The van der Waals surface area contributed by atoms with Crippen molar-refractivity contribution in [1.29, 1.82) is 0 Å². The number of nitrogens with one attached hydrogen (secondary N) is 1. The number of fused-ring (bicyclic) bond motifs is 1. The number of carbonyl (C=O) groups is 2. The first-order valence-corrected chi connectivity index (χ1v) is 7.30. The molecule has 9 nitrogen and oxygen atoms in total. The fourth-order valence-electron chi connectivity index (χ4n) is 2.48. The summed E-state index contributed by atoms with van der Waals surface area (Å²) < 4.78 is 15.7. The van der Waals surface area contributed by atoms with Crippen LogP contribution in [-0.4, -0.2) is 41.3 Å². The molecule has 3 heterocycles. The lowest BCUT2D eigenvalue weighted by atomic mass is 10.0. The van der Waals surface area contributed by atoms with Crippen molar-refractivity contribution < 1.29 is 23.8 Å². The Balaban J connectivity index is 1.88. The van der Waals surface area contributed by atoms with E-state index in [9.17, 15) is 9.59 Å². The number of hydrogen-bond acceptors (Lipinski definition) is 7. The lowest BCUT2D eigenvalue weighted by molar-refractivity contribution is -0.131. The number of primary amides is 1. The molecule has 0 aromatic carbocycles. The Labute approximate surface area is 132 Å². The minimum absolute atomic E-state index is 0.0591. The zero-order chi connectivity index (χ0) is 16.6. The SMILES string of the molecule is CC(C)(NC(=O)[C@H]1CCCO1)c1nc2c(c(C(N)=O)n1)OCO2. The van der Waals surface area contributed by atoms with Crippen LogP contribution in [0.25, 0.3) is 0 Å². The van der Waals surface area contributed by atoms with E-state index in [1.807, 2.05) is 0 Å². The van der Waals surface area contributed by atoms with E-state index < -0.39 is 17.6 Å². The lowest BCUT2D eigenvalue weighted by Crippen LogP contribution is -2.47. The second kappa shape index (κ2) is 5.65. The van der Waals surface area contributed by atoms with Crippen LogP contribution in [0.2, 0.25) is 0 Å². The molecule has 0 unspecified atom stereocenters. The molecule has 2 aliphatic rings. The molecule has 1 aromatic heterocycles. The average molecular weight is 322 g/mol. The predicted octanol–water partition coefficient (Wildman–Crippen LogP) is -0.165. The molecule has 0 radical (unpaired) electrons. The van der Waals surface area contributed by atoms with Gasteiger partial charge in [0.05, 0.1) is 5.54 Å². The summed E-state index contributed by atoms with van der Waals surface area (Å²) in [7, 11) is 0. The van der Waals surface area contributed by atoms with Crippen LogP contribution >= 0.6 is 0 Å². The molecular formula is C14H18N4O5. The smallest absolute Gasteiger partial charge is 0.271 e. The summed E-state index contributed by atoms with van der Waals surface area (Å²) in [5.41, 5.74) is 4.32. The number of nitrogens with zero attached hydrogens (tertiary/aromatic N) is 2. The molecule has 23 heavy (non-hydrogen) atoms. The molecule has 0 saturated carbocycles. The van der Waals surface area contributed by atoms with Crippen LogP contribution in [-0.2, 0) is 15.1 Å². The minimum Gasteiger partial charge on any atom is -0.449 e. The number of nitrogens with two attached hydrogens (primary N) is 1. The molecule has 3 N–H and O–H groups in total. The number of rotatable bonds is 4. The van der Waals surface area contributed by atoms with E-state index in [0.29, 0.717) is 13.0 Å². The zero-order valence-corrected chi connectivity index (χ0v) is 12.9. The monoisotopic (exact) mass is 322 g/mol. The topological polar surface area (TPSA) is 126 Å². The fourth-order valence-corrected chi connectivity index (χ4v) is 2.48. The fraction of sp³-hybridized carbons (Fsp3) is 0.571. The second-order valence-corrected chi connectivity index (χ2v) is 5.92. The summed E-state index contributed by atoms with van der Waals surface area (Å²) in [6.07, 6.45) is 1.06. The summed E-state index contributed by atoms with van der Waals surface area (Å²) in [6.45, 7) is 3.96. The van der Waals surface area contributed by atoms with E-state index in [-0.39, 0.29) is 35.8 Å². The third-order valence-electron chi connectivity index (χ3n) is 3.68. The molecule has 2 aliphatic heterocycles.